The molecule has 0 aliphatic heterocycles. The predicted octanol–water partition coefficient (Wildman–Crippen LogP) is 7.65. The molecule has 1 atom stereocenters. The standard InChI is InChI=1S/C22H46O/c1-5-6-7-8-10-13-16-19-22(4,23)20-17-14-11-9-12-15-18-21(2)3/h21,23H,5-20H2,1-4H3. The highest BCUT2D eigenvalue weighted by atomic mass is 16.3. The van der Waals surface area contributed by atoms with Crippen LogP contribution in [0.5, 0.6) is 0 Å². The zero-order valence-electron chi connectivity index (χ0n) is 16.8. The second-order valence-electron chi connectivity index (χ2n) is 8.42. The molecule has 0 fully saturated rings. The first kappa shape index (κ1) is 23.0. The van der Waals surface area contributed by atoms with E-state index in [1.807, 2.05) is 6.92 Å². The summed E-state index contributed by atoms with van der Waals surface area (Å²) in [6.45, 7) is 8.94. The van der Waals surface area contributed by atoms with Gasteiger partial charge < -0.3 is 5.11 Å². The van der Waals surface area contributed by atoms with E-state index in [1.54, 1.807) is 0 Å². The first-order valence-corrected chi connectivity index (χ1v) is 10.7. The fraction of sp³-hybridized carbons (Fsp3) is 1.00. The number of hydrogen-bond donors (Lipinski definition) is 1. The largest absolute Gasteiger partial charge is 0.390 e. The van der Waals surface area contributed by atoms with E-state index in [9.17, 15) is 5.11 Å². The van der Waals surface area contributed by atoms with E-state index in [-0.39, 0.29) is 0 Å². The number of unbranched alkanes of at least 4 members (excludes halogenated alkanes) is 11. The maximum absolute atomic E-state index is 10.5. The summed E-state index contributed by atoms with van der Waals surface area (Å²) in [4.78, 5) is 0. The van der Waals surface area contributed by atoms with Crippen LogP contribution < -0.4 is 0 Å². The van der Waals surface area contributed by atoms with Crippen LogP contribution in [0.15, 0.2) is 0 Å². The Bertz CT molecular complexity index is 232. The van der Waals surface area contributed by atoms with Gasteiger partial charge in [-0.05, 0) is 25.7 Å². The minimum absolute atomic E-state index is 0.416. The van der Waals surface area contributed by atoms with Crippen molar-refractivity contribution < 1.29 is 5.11 Å². The molecule has 0 rings (SSSR count). The molecule has 1 nitrogen and oxygen atoms in total. The number of hydrogen-bond acceptors (Lipinski definition) is 1. The molecule has 1 heteroatoms. The highest BCUT2D eigenvalue weighted by Gasteiger charge is 2.18. The zero-order chi connectivity index (χ0) is 17.4. The van der Waals surface area contributed by atoms with E-state index < -0.39 is 5.60 Å². The van der Waals surface area contributed by atoms with E-state index in [4.69, 9.17) is 0 Å². The Hall–Kier alpha value is -0.0400. The molecule has 140 valence electrons. The lowest BCUT2D eigenvalue weighted by Crippen LogP contribution is -2.23. The average molecular weight is 327 g/mol. The second-order valence-corrected chi connectivity index (χ2v) is 8.42. The van der Waals surface area contributed by atoms with Crippen LogP contribution in [0.1, 0.15) is 130 Å². The molecule has 0 heterocycles. The maximum atomic E-state index is 10.5. The van der Waals surface area contributed by atoms with E-state index in [1.165, 1.54) is 89.9 Å². The van der Waals surface area contributed by atoms with Crippen LogP contribution in [0.25, 0.3) is 0 Å². The van der Waals surface area contributed by atoms with Crippen LogP contribution in [0.4, 0.5) is 0 Å². The zero-order valence-corrected chi connectivity index (χ0v) is 16.8. The average Bonchev–Trinajstić information content (AvgIpc) is 2.48. The molecule has 0 aromatic rings. The third-order valence-corrected chi connectivity index (χ3v) is 5.07. The van der Waals surface area contributed by atoms with Crippen LogP contribution in [0, 0.1) is 5.92 Å². The third-order valence-electron chi connectivity index (χ3n) is 5.07. The molecule has 0 saturated heterocycles. The maximum Gasteiger partial charge on any atom is 0.0619 e. The Morgan fingerprint density at radius 1 is 0.652 bits per heavy atom. The molecular weight excluding hydrogens is 280 g/mol. The second kappa shape index (κ2) is 15.5. The molecule has 1 N–H and O–H groups in total. The van der Waals surface area contributed by atoms with Gasteiger partial charge in [0.2, 0.25) is 0 Å². The Labute approximate surface area is 147 Å². The molecule has 0 aliphatic rings. The van der Waals surface area contributed by atoms with Gasteiger partial charge in [0, 0.05) is 0 Å². The van der Waals surface area contributed by atoms with Crippen molar-refractivity contribution in [3.05, 3.63) is 0 Å². The van der Waals surface area contributed by atoms with Gasteiger partial charge in [0.25, 0.3) is 0 Å². The predicted molar refractivity (Wildman–Crippen MR) is 105 cm³/mol. The lowest BCUT2D eigenvalue weighted by atomic mass is 9.91. The quantitative estimate of drug-likeness (QED) is 0.272. The fourth-order valence-corrected chi connectivity index (χ4v) is 3.35. The smallest absolute Gasteiger partial charge is 0.0619 e. The Morgan fingerprint density at radius 3 is 1.48 bits per heavy atom. The summed E-state index contributed by atoms with van der Waals surface area (Å²) < 4.78 is 0. The van der Waals surface area contributed by atoms with Crippen LogP contribution in [0.2, 0.25) is 0 Å². The van der Waals surface area contributed by atoms with E-state index >= 15 is 0 Å². The molecule has 0 aliphatic carbocycles. The van der Waals surface area contributed by atoms with Crippen LogP contribution in [0.3, 0.4) is 0 Å². The number of rotatable bonds is 17. The molecule has 0 radical (unpaired) electrons. The summed E-state index contributed by atoms with van der Waals surface area (Å²) in [5.41, 5.74) is -0.416. The molecule has 1 unspecified atom stereocenters. The molecule has 0 amide bonds. The first-order valence-electron chi connectivity index (χ1n) is 10.7. The lowest BCUT2D eigenvalue weighted by Gasteiger charge is -2.23. The van der Waals surface area contributed by atoms with Gasteiger partial charge in [-0.1, -0.05) is 111 Å². The van der Waals surface area contributed by atoms with Gasteiger partial charge >= 0.3 is 0 Å². The Morgan fingerprint density at radius 2 is 1.04 bits per heavy atom. The SMILES string of the molecule is CCCCCCCCCC(C)(O)CCCCCCCCC(C)C. The lowest BCUT2D eigenvalue weighted by molar-refractivity contribution is 0.0366. The van der Waals surface area contributed by atoms with Gasteiger partial charge in [-0.15, -0.1) is 0 Å². The van der Waals surface area contributed by atoms with Gasteiger partial charge in [-0.3, -0.25) is 0 Å². The summed E-state index contributed by atoms with van der Waals surface area (Å²) in [5.74, 6) is 0.858. The first-order chi connectivity index (χ1) is 11.0. The summed E-state index contributed by atoms with van der Waals surface area (Å²) in [6, 6.07) is 0. The molecule has 0 spiro atoms. The van der Waals surface area contributed by atoms with Crippen LogP contribution in [-0.4, -0.2) is 10.7 Å². The number of aliphatic hydroxyl groups is 1. The van der Waals surface area contributed by atoms with Crippen molar-refractivity contribution in [3.8, 4) is 0 Å². The summed E-state index contributed by atoms with van der Waals surface area (Å²) >= 11 is 0. The van der Waals surface area contributed by atoms with Gasteiger partial charge in [-0.2, -0.15) is 0 Å². The van der Waals surface area contributed by atoms with E-state index in [2.05, 4.69) is 20.8 Å². The van der Waals surface area contributed by atoms with Crippen molar-refractivity contribution in [1.82, 2.24) is 0 Å². The van der Waals surface area contributed by atoms with Gasteiger partial charge in [0.05, 0.1) is 5.60 Å². The van der Waals surface area contributed by atoms with Gasteiger partial charge in [-0.25, -0.2) is 0 Å². The summed E-state index contributed by atoms with van der Waals surface area (Å²) in [5, 5.41) is 10.5. The molecule has 0 aromatic carbocycles. The van der Waals surface area contributed by atoms with Crippen LogP contribution in [-0.2, 0) is 0 Å². The Balaban J connectivity index is 3.36. The van der Waals surface area contributed by atoms with Gasteiger partial charge in [0.1, 0.15) is 0 Å². The molecule has 0 saturated carbocycles. The minimum Gasteiger partial charge on any atom is -0.390 e. The highest BCUT2D eigenvalue weighted by molar-refractivity contribution is 4.72. The molecule has 23 heavy (non-hydrogen) atoms. The normalized spacial score (nSPS) is 14.3. The molecule has 0 aromatic heterocycles. The van der Waals surface area contributed by atoms with Crippen molar-refractivity contribution in [2.45, 2.75) is 136 Å². The van der Waals surface area contributed by atoms with E-state index in [0.29, 0.717) is 0 Å². The molecule has 0 bridgehead atoms. The van der Waals surface area contributed by atoms with Crippen LogP contribution >= 0.6 is 0 Å². The third kappa shape index (κ3) is 18.1. The fourth-order valence-electron chi connectivity index (χ4n) is 3.35. The van der Waals surface area contributed by atoms with E-state index in [0.717, 1.165) is 18.8 Å². The van der Waals surface area contributed by atoms with Gasteiger partial charge in [0.15, 0.2) is 0 Å². The summed E-state index contributed by atoms with van der Waals surface area (Å²) in [7, 11) is 0. The Kier molecular flexibility index (Phi) is 15.5. The molecular formula is C22H46O. The van der Waals surface area contributed by atoms with Crippen molar-refractivity contribution in [2.24, 2.45) is 5.92 Å². The van der Waals surface area contributed by atoms with Crippen molar-refractivity contribution in [3.63, 3.8) is 0 Å². The summed E-state index contributed by atoms with van der Waals surface area (Å²) in [6.07, 6.45) is 20.7. The minimum atomic E-state index is -0.416. The highest BCUT2D eigenvalue weighted by Crippen LogP contribution is 2.23. The van der Waals surface area contributed by atoms with Crippen molar-refractivity contribution >= 4 is 0 Å². The van der Waals surface area contributed by atoms with Crippen molar-refractivity contribution in [2.75, 3.05) is 0 Å². The van der Waals surface area contributed by atoms with Crippen molar-refractivity contribution in [1.29, 1.82) is 0 Å². The topological polar surface area (TPSA) is 20.2 Å². The monoisotopic (exact) mass is 326 g/mol.